The first-order chi connectivity index (χ1) is 9.63. The van der Waals surface area contributed by atoms with E-state index in [0.29, 0.717) is 6.04 Å². The molecule has 0 saturated heterocycles. The summed E-state index contributed by atoms with van der Waals surface area (Å²) < 4.78 is 6.88. The van der Waals surface area contributed by atoms with Crippen molar-refractivity contribution in [2.24, 2.45) is 0 Å². The molecule has 0 fully saturated rings. The van der Waals surface area contributed by atoms with E-state index < -0.39 is 0 Å². The second-order valence-electron chi connectivity index (χ2n) is 4.80. The Morgan fingerprint density at radius 2 is 1.85 bits per heavy atom. The molecule has 0 radical (unpaired) electrons. The van der Waals surface area contributed by atoms with Gasteiger partial charge in [-0.3, -0.25) is 0 Å². The third-order valence-electron chi connectivity index (χ3n) is 3.45. The number of ether oxygens (including phenoxy) is 1. The number of hydrogen-bond acceptors (Lipinski definition) is 2. The van der Waals surface area contributed by atoms with Crippen LogP contribution >= 0.6 is 15.9 Å². The minimum atomic E-state index is 0.323. The van der Waals surface area contributed by atoms with Gasteiger partial charge in [-0.15, -0.1) is 0 Å². The van der Waals surface area contributed by atoms with Gasteiger partial charge in [0.2, 0.25) is 0 Å². The second kappa shape index (κ2) is 6.91. The molecule has 2 aromatic carbocycles. The number of halogens is 1. The molecule has 0 aromatic heterocycles. The molecule has 2 nitrogen and oxygen atoms in total. The zero-order chi connectivity index (χ0) is 14.5. The van der Waals surface area contributed by atoms with Gasteiger partial charge < -0.3 is 10.1 Å². The van der Waals surface area contributed by atoms with Gasteiger partial charge in [0.1, 0.15) is 11.5 Å². The summed E-state index contributed by atoms with van der Waals surface area (Å²) in [5, 5.41) is 3.23. The third-order valence-corrected chi connectivity index (χ3v) is 4.07. The molecule has 1 unspecified atom stereocenters. The predicted octanol–water partition coefficient (Wildman–Crippen LogP) is 5.08. The van der Waals surface area contributed by atoms with E-state index in [1.165, 1.54) is 11.1 Å². The Labute approximate surface area is 129 Å². The normalized spacial score (nSPS) is 12.2. The first-order valence-electron chi connectivity index (χ1n) is 6.87. The van der Waals surface area contributed by atoms with Crippen molar-refractivity contribution in [3.63, 3.8) is 0 Å². The van der Waals surface area contributed by atoms with Gasteiger partial charge in [-0.25, -0.2) is 0 Å². The Morgan fingerprint density at radius 3 is 2.40 bits per heavy atom. The average molecular weight is 334 g/mol. The van der Waals surface area contributed by atoms with Crippen LogP contribution < -0.4 is 10.1 Å². The van der Waals surface area contributed by atoms with Gasteiger partial charge >= 0.3 is 0 Å². The Bertz CT molecular complexity index is 566. The number of hydrogen-bond donors (Lipinski definition) is 1. The summed E-state index contributed by atoms with van der Waals surface area (Å²) in [6, 6.07) is 14.7. The maximum atomic E-state index is 5.91. The minimum Gasteiger partial charge on any atom is -0.456 e. The van der Waals surface area contributed by atoms with E-state index in [9.17, 15) is 0 Å². The molecule has 0 saturated carbocycles. The monoisotopic (exact) mass is 333 g/mol. The minimum absolute atomic E-state index is 0.323. The van der Waals surface area contributed by atoms with Crippen LogP contribution in [0.1, 0.15) is 31.0 Å². The molecule has 0 aliphatic rings. The van der Waals surface area contributed by atoms with Crippen LogP contribution in [-0.4, -0.2) is 7.05 Å². The molecule has 0 heterocycles. The van der Waals surface area contributed by atoms with E-state index in [1.54, 1.807) is 0 Å². The summed E-state index contributed by atoms with van der Waals surface area (Å²) in [5.41, 5.74) is 2.54. The molecular weight excluding hydrogens is 314 g/mol. The summed E-state index contributed by atoms with van der Waals surface area (Å²) in [6.07, 6.45) is 1.04. The van der Waals surface area contributed by atoms with Crippen LogP contribution in [0.2, 0.25) is 0 Å². The molecule has 20 heavy (non-hydrogen) atoms. The van der Waals surface area contributed by atoms with Crippen LogP contribution in [0.4, 0.5) is 0 Å². The lowest BCUT2D eigenvalue weighted by atomic mass is 10.1. The quantitative estimate of drug-likeness (QED) is 0.823. The first-order valence-corrected chi connectivity index (χ1v) is 7.66. The molecule has 2 rings (SSSR count). The van der Waals surface area contributed by atoms with E-state index in [1.807, 2.05) is 25.2 Å². The number of aryl methyl sites for hydroxylation is 1. The van der Waals surface area contributed by atoms with Crippen LogP contribution in [0.5, 0.6) is 11.5 Å². The van der Waals surface area contributed by atoms with Crippen LogP contribution in [-0.2, 0) is 6.42 Å². The molecule has 106 valence electrons. The molecule has 0 amide bonds. The molecular formula is C17H20BrNO. The molecule has 1 N–H and O–H groups in total. The molecule has 0 bridgehead atoms. The maximum Gasteiger partial charge on any atom is 0.141 e. The van der Waals surface area contributed by atoms with Crippen LogP contribution in [0.15, 0.2) is 46.9 Å². The third kappa shape index (κ3) is 3.62. The molecule has 1 atom stereocenters. The fraction of sp³-hybridized carbons (Fsp3) is 0.294. The highest BCUT2D eigenvalue weighted by atomic mass is 79.9. The molecule has 2 aromatic rings. The molecule has 0 spiro atoms. The zero-order valence-corrected chi connectivity index (χ0v) is 13.7. The highest BCUT2D eigenvalue weighted by Gasteiger charge is 2.08. The highest BCUT2D eigenvalue weighted by Crippen LogP contribution is 2.32. The van der Waals surface area contributed by atoms with E-state index in [2.05, 4.69) is 59.4 Å². The second-order valence-corrected chi connectivity index (χ2v) is 5.65. The van der Waals surface area contributed by atoms with Crippen LogP contribution in [0.25, 0.3) is 0 Å². The van der Waals surface area contributed by atoms with Gasteiger partial charge in [0.15, 0.2) is 0 Å². The molecule has 3 heteroatoms. The summed E-state index contributed by atoms with van der Waals surface area (Å²) in [6.45, 7) is 4.28. The standard InChI is InChI=1S/C17H20BrNO/c1-4-13-5-8-15(9-6-13)20-17-10-7-14(11-16(17)18)12(2)19-3/h5-12,19H,4H2,1-3H3. The number of nitrogens with one attached hydrogen (secondary N) is 1. The Kier molecular flexibility index (Phi) is 5.21. The largest absolute Gasteiger partial charge is 0.456 e. The van der Waals surface area contributed by atoms with E-state index in [-0.39, 0.29) is 0 Å². The predicted molar refractivity (Wildman–Crippen MR) is 87.5 cm³/mol. The van der Waals surface area contributed by atoms with Crippen molar-refractivity contribution in [3.05, 3.63) is 58.1 Å². The average Bonchev–Trinajstić information content (AvgIpc) is 2.49. The lowest BCUT2D eigenvalue weighted by Crippen LogP contribution is -2.12. The summed E-state index contributed by atoms with van der Waals surface area (Å²) in [4.78, 5) is 0. The summed E-state index contributed by atoms with van der Waals surface area (Å²) in [5.74, 6) is 1.69. The lowest BCUT2D eigenvalue weighted by Gasteiger charge is -2.13. The van der Waals surface area contributed by atoms with Crippen molar-refractivity contribution < 1.29 is 4.74 Å². The van der Waals surface area contributed by atoms with Gasteiger partial charge in [0.25, 0.3) is 0 Å². The molecule has 0 aliphatic carbocycles. The van der Waals surface area contributed by atoms with Crippen molar-refractivity contribution in [2.45, 2.75) is 26.3 Å². The number of rotatable bonds is 5. The van der Waals surface area contributed by atoms with Crippen molar-refractivity contribution >= 4 is 15.9 Å². The van der Waals surface area contributed by atoms with Crippen molar-refractivity contribution in [1.82, 2.24) is 5.32 Å². The topological polar surface area (TPSA) is 21.3 Å². The summed E-state index contributed by atoms with van der Waals surface area (Å²) >= 11 is 3.58. The maximum absolute atomic E-state index is 5.91. The SMILES string of the molecule is CCc1ccc(Oc2ccc(C(C)NC)cc2Br)cc1. The van der Waals surface area contributed by atoms with E-state index in [0.717, 1.165) is 22.4 Å². The van der Waals surface area contributed by atoms with Crippen molar-refractivity contribution in [2.75, 3.05) is 7.05 Å². The van der Waals surface area contributed by atoms with Crippen LogP contribution in [0.3, 0.4) is 0 Å². The smallest absolute Gasteiger partial charge is 0.141 e. The fourth-order valence-corrected chi connectivity index (χ4v) is 2.43. The van der Waals surface area contributed by atoms with Gasteiger partial charge in [0, 0.05) is 6.04 Å². The molecule has 0 aliphatic heterocycles. The van der Waals surface area contributed by atoms with Gasteiger partial charge in [0.05, 0.1) is 4.47 Å². The lowest BCUT2D eigenvalue weighted by molar-refractivity contribution is 0.478. The van der Waals surface area contributed by atoms with E-state index in [4.69, 9.17) is 4.74 Å². The Morgan fingerprint density at radius 1 is 1.15 bits per heavy atom. The first kappa shape index (κ1) is 15.1. The van der Waals surface area contributed by atoms with Crippen LogP contribution in [0, 0.1) is 0 Å². The fourth-order valence-electron chi connectivity index (χ4n) is 1.96. The Balaban J connectivity index is 2.16. The van der Waals surface area contributed by atoms with Crippen molar-refractivity contribution in [1.29, 1.82) is 0 Å². The van der Waals surface area contributed by atoms with Gasteiger partial charge in [-0.1, -0.05) is 25.1 Å². The van der Waals surface area contributed by atoms with Gasteiger partial charge in [-0.05, 0) is 71.7 Å². The van der Waals surface area contributed by atoms with E-state index >= 15 is 0 Å². The summed E-state index contributed by atoms with van der Waals surface area (Å²) in [7, 11) is 1.96. The van der Waals surface area contributed by atoms with Crippen molar-refractivity contribution in [3.8, 4) is 11.5 Å². The zero-order valence-electron chi connectivity index (χ0n) is 12.1. The van der Waals surface area contributed by atoms with Gasteiger partial charge in [-0.2, -0.15) is 0 Å². The number of benzene rings is 2. The highest BCUT2D eigenvalue weighted by molar-refractivity contribution is 9.10. The Hall–Kier alpha value is -1.32.